The van der Waals surface area contributed by atoms with Crippen molar-refractivity contribution in [1.29, 1.82) is 0 Å². The van der Waals surface area contributed by atoms with Gasteiger partial charge in [-0.15, -0.1) is 0 Å². The Balaban J connectivity index is 2.69. The predicted molar refractivity (Wildman–Crippen MR) is 57.7 cm³/mol. The third-order valence-electron chi connectivity index (χ3n) is 2.32. The van der Waals surface area contributed by atoms with Crippen LogP contribution in [0.25, 0.3) is 0 Å². The summed E-state index contributed by atoms with van der Waals surface area (Å²) < 4.78 is 5.23. The minimum absolute atomic E-state index is 0.234. The lowest BCUT2D eigenvalue weighted by molar-refractivity contribution is 0.185. The second-order valence-corrected chi connectivity index (χ2v) is 3.69. The Morgan fingerprint density at radius 3 is 2.71 bits per heavy atom. The van der Waals surface area contributed by atoms with E-state index in [1.165, 1.54) is 5.56 Å². The Labute approximate surface area is 85.5 Å². The van der Waals surface area contributed by atoms with Gasteiger partial charge >= 0.3 is 0 Å². The molecule has 1 rings (SSSR count). The number of hydrogen-bond donors (Lipinski definition) is 1. The van der Waals surface area contributed by atoms with Crippen molar-refractivity contribution in [3.05, 3.63) is 29.3 Å². The Hall–Kier alpha value is -1.02. The first-order chi connectivity index (χ1) is 6.63. The summed E-state index contributed by atoms with van der Waals surface area (Å²) in [5.74, 6) is 0.924. The van der Waals surface area contributed by atoms with E-state index in [1.54, 1.807) is 7.11 Å². The van der Waals surface area contributed by atoms with Crippen LogP contribution in [0.5, 0.6) is 5.75 Å². The largest absolute Gasteiger partial charge is 0.496 e. The van der Waals surface area contributed by atoms with Gasteiger partial charge in [-0.3, -0.25) is 0 Å². The molecule has 2 heteroatoms. The van der Waals surface area contributed by atoms with Crippen molar-refractivity contribution in [3.63, 3.8) is 0 Å². The van der Waals surface area contributed by atoms with Crippen LogP contribution < -0.4 is 4.74 Å². The maximum absolute atomic E-state index is 9.16. The van der Waals surface area contributed by atoms with E-state index in [9.17, 15) is 0 Å². The van der Waals surface area contributed by atoms with Crippen molar-refractivity contribution < 1.29 is 9.84 Å². The molecule has 0 spiro atoms. The zero-order valence-electron chi connectivity index (χ0n) is 9.08. The van der Waals surface area contributed by atoms with Gasteiger partial charge in [0.25, 0.3) is 0 Å². The van der Waals surface area contributed by atoms with Crippen LogP contribution in [0.2, 0.25) is 0 Å². The molecule has 14 heavy (non-hydrogen) atoms. The van der Waals surface area contributed by atoms with Gasteiger partial charge in [0.15, 0.2) is 0 Å². The van der Waals surface area contributed by atoms with E-state index in [2.05, 4.69) is 12.1 Å². The van der Waals surface area contributed by atoms with Gasteiger partial charge in [0.1, 0.15) is 5.75 Å². The normalized spacial score (nSPS) is 12.6. The van der Waals surface area contributed by atoms with E-state index in [0.29, 0.717) is 0 Å². The summed E-state index contributed by atoms with van der Waals surface area (Å²) in [6.07, 6.45) is 1.46. The highest BCUT2D eigenvalue weighted by atomic mass is 16.5. The van der Waals surface area contributed by atoms with Gasteiger partial charge in [0.2, 0.25) is 0 Å². The molecule has 1 atom stereocenters. The summed E-state index contributed by atoms with van der Waals surface area (Å²) >= 11 is 0. The number of aliphatic hydroxyl groups is 1. The van der Waals surface area contributed by atoms with E-state index in [4.69, 9.17) is 9.84 Å². The molecule has 0 saturated heterocycles. The molecule has 2 nitrogen and oxygen atoms in total. The highest BCUT2D eigenvalue weighted by molar-refractivity contribution is 5.36. The first-order valence-electron chi connectivity index (χ1n) is 4.95. The number of hydrogen-bond acceptors (Lipinski definition) is 2. The molecule has 0 aliphatic rings. The third-order valence-corrected chi connectivity index (χ3v) is 2.32. The van der Waals surface area contributed by atoms with Gasteiger partial charge in [-0.05, 0) is 43.9 Å². The molecule has 0 heterocycles. The molecule has 78 valence electrons. The molecule has 1 aromatic rings. The standard InChI is InChI=1S/C12H18O2/c1-9-4-6-11(7-5-10(2)13)8-12(9)14-3/h4,6,8,10,13H,5,7H2,1-3H3. The Kier molecular flexibility index (Phi) is 3.96. The second kappa shape index (κ2) is 5.01. The van der Waals surface area contributed by atoms with E-state index >= 15 is 0 Å². The molecular weight excluding hydrogens is 176 g/mol. The summed E-state index contributed by atoms with van der Waals surface area (Å²) in [5.41, 5.74) is 2.36. The van der Waals surface area contributed by atoms with Gasteiger partial charge in [0, 0.05) is 0 Å². The van der Waals surface area contributed by atoms with E-state index < -0.39 is 0 Å². The molecule has 0 aliphatic carbocycles. The van der Waals surface area contributed by atoms with E-state index in [1.807, 2.05) is 19.9 Å². The fourth-order valence-electron chi connectivity index (χ4n) is 1.40. The van der Waals surface area contributed by atoms with Gasteiger partial charge in [-0.25, -0.2) is 0 Å². The van der Waals surface area contributed by atoms with Gasteiger partial charge in [-0.2, -0.15) is 0 Å². The quantitative estimate of drug-likeness (QED) is 0.797. The highest BCUT2D eigenvalue weighted by Crippen LogP contribution is 2.19. The van der Waals surface area contributed by atoms with Crippen LogP contribution in [0.4, 0.5) is 0 Å². The van der Waals surface area contributed by atoms with E-state index in [0.717, 1.165) is 24.2 Å². The van der Waals surface area contributed by atoms with Crippen LogP contribution in [0.3, 0.4) is 0 Å². The van der Waals surface area contributed by atoms with Crippen molar-refractivity contribution in [3.8, 4) is 5.75 Å². The highest BCUT2D eigenvalue weighted by Gasteiger charge is 2.02. The van der Waals surface area contributed by atoms with Gasteiger partial charge in [-0.1, -0.05) is 12.1 Å². The van der Waals surface area contributed by atoms with Gasteiger partial charge < -0.3 is 9.84 Å². The summed E-state index contributed by atoms with van der Waals surface area (Å²) in [7, 11) is 1.68. The second-order valence-electron chi connectivity index (χ2n) is 3.69. The first-order valence-corrected chi connectivity index (χ1v) is 4.95. The number of benzene rings is 1. The average molecular weight is 194 g/mol. The van der Waals surface area contributed by atoms with Gasteiger partial charge in [0.05, 0.1) is 13.2 Å². The molecule has 0 saturated carbocycles. The molecular formula is C12H18O2. The molecule has 1 unspecified atom stereocenters. The molecule has 0 bridgehead atoms. The fourth-order valence-corrected chi connectivity index (χ4v) is 1.40. The average Bonchev–Trinajstić information content (AvgIpc) is 2.16. The molecule has 1 aromatic carbocycles. The molecule has 1 N–H and O–H groups in total. The van der Waals surface area contributed by atoms with Crippen LogP contribution in [-0.2, 0) is 6.42 Å². The molecule has 0 amide bonds. The minimum Gasteiger partial charge on any atom is -0.496 e. The monoisotopic (exact) mass is 194 g/mol. The fraction of sp³-hybridized carbons (Fsp3) is 0.500. The number of methoxy groups -OCH3 is 1. The summed E-state index contributed by atoms with van der Waals surface area (Å²) in [6, 6.07) is 6.17. The number of aliphatic hydroxyl groups excluding tert-OH is 1. The van der Waals surface area contributed by atoms with Crippen LogP contribution in [0, 0.1) is 6.92 Å². The Morgan fingerprint density at radius 1 is 1.43 bits per heavy atom. The lowest BCUT2D eigenvalue weighted by Gasteiger charge is -2.08. The molecule has 0 fully saturated rings. The Bertz CT molecular complexity index is 292. The lowest BCUT2D eigenvalue weighted by Crippen LogP contribution is -2.01. The maximum atomic E-state index is 9.16. The SMILES string of the molecule is COc1cc(CCC(C)O)ccc1C. The molecule has 0 aromatic heterocycles. The van der Waals surface area contributed by atoms with Crippen LogP contribution >= 0.6 is 0 Å². The topological polar surface area (TPSA) is 29.5 Å². The summed E-state index contributed by atoms with van der Waals surface area (Å²) in [5, 5.41) is 9.16. The minimum atomic E-state index is -0.234. The summed E-state index contributed by atoms with van der Waals surface area (Å²) in [4.78, 5) is 0. The van der Waals surface area contributed by atoms with Crippen LogP contribution in [0.15, 0.2) is 18.2 Å². The van der Waals surface area contributed by atoms with Crippen molar-refractivity contribution >= 4 is 0 Å². The zero-order valence-corrected chi connectivity index (χ0v) is 9.08. The number of rotatable bonds is 4. The number of aryl methyl sites for hydroxylation is 2. The predicted octanol–water partition coefficient (Wildman–Crippen LogP) is 2.32. The van der Waals surface area contributed by atoms with Crippen molar-refractivity contribution in [2.45, 2.75) is 32.8 Å². The van der Waals surface area contributed by atoms with Crippen LogP contribution in [-0.4, -0.2) is 18.3 Å². The smallest absolute Gasteiger partial charge is 0.122 e. The first kappa shape index (κ1) is 11.1. The molecule has 0 aliphatic heterocycles. The van der Waals surface area contributed by atoms with Crippen molar-refractivity contribution in [1.82, 2.24) is 0 Å². The van der Waals surface area contributed by atoms with Crippen molar-refractivity contribution in [2.75, 3.05) is 7.11 Å². The molecule has 0 radical (unpaired) electrons. The zero-order chi connectivity index (χ0) is 10.6. The number of ether oxygens (including phenoxy) is 1. The maximum Gasteiger partial charge on any atom is 0.122 e. The van der Waals surface area contributed by atoms with Crippen molar-refractivity contribution in [2.24, 2.45) is 0 Å². The van der Waals surface area contributed by atoms with Crippen LogP contribution in [0.1, 0.15) is 24.5 Å². The summed E-state index contributed by atoms with van der Waals surface area (Å²) in [6.45, 7) is 3.84. The lowest BCUT2D eigenvalue weighted by atomic mass is 10.1. The Morgan fingerprint density at radius 2 is 2.14 bits per heavy atom. The van der Waals surface area contributed by atoms with E-state index in [-0.39, 0.29) is 6.10 Å². The third kappa shape index (κ3) is 3.04.